The monoisotopic (exact) mass is 274 g/mol. The first-order chi connectivity index (χ1) is 8.27. The number of hydrogen-bond donors (Lipinski definition) is 1. The van der Waals surface area contributed by atoms with Crippen LogP contribution in [0.15, 0.2) is 23.1 Å². The maximum absolute atomic E-state index is 13.0. The maximum Gasteiger partial charge on any atom is 0.241 e. The van der Waals surface area contributed by atoms with Crippen LogP contribution in [0.5, 0.6) is 0 Å². The van der Waals surface area contributed by atoms with Crippen LogP contribution in [0.4, 0.5) is 8.78 Å². The smallest absolute Gasteiger partial charge is 0.207 e. The molecule has 0 radical (unpaired) electrons. The van der Waals surface area contributed by atoms with E-state index in [0.717, 1.165) is 12.1 Å². The molecule has 98 valence electrons. The second-order valence-corrected chi connectivity index (χ2v) is 5.76. The molecule has 0 heterocycles. The molecule has 1 rings (SSSR count). The zero-order valence-corrected chi connectivity index (χ0v) is 10.6. The molecule has 0 aromatic heterocycles. The van der Waals surface area contributed by atoms with E-state index in [2.05, 4.69) is 4.72 Å². The first-order valence-corrected chi connectivity index (χ1v) is 6.63. The third-order valence-corrected chi connectivity index (χ3v) is 3.73. The topological polar surface area (TPSA) is 70.0 Å². The molecule has 0 spiro atoms. The summed E-state index contributed by atoms with van der Waals surface area (Å²) in [4.78, 5) is -0.415. The minimum Gasteiger partial charge on any atom is -0.207 e. The molecular formula is C11H12F2N2O2S. The molecule has 1 N–H and O–H groups in total. The van der Waals surface area contributed by atoms with Crippen molar-refractivity contribution in [3.63, 3.8) is 0 Å². The van der Waals surface area contributed by atoms with E-state index in [1.165, 1.54) is 0 Å². The highest BCUT2D eigenvalue weighted by molar-refractivity contribution is 7.89. The standard InChI is InChI=1S/C11H12F2N2O2S/c1-7(2)11(6-14)15-18(16,17)8-3-4-9(12)10(13)5-8/h3-5,7,11,15H,1-2H3. The number of nitriles is 1. The van der Waals surface area contributed by atoms with Crippen LogP contribution in [0.25, 0.3) is 0 Å². The lowest BCUT2D eigenvalue weighted by molar-refractivity contribution is 0.500. The van der Waals surface area contributed by atoms with Gasteiger partial charge in [0.05, 0.1) is 11.0 Å². The summed E-state index contributed by atoms with van der Waals surface area (Å²) in [6, 6.07) is 3.11. The van der Waals surface area contributed by atoms with Gasteiger partial charge in [-0.3, -0.25) is 0 Å². The molecule has 0 saturated carbocycles. The van der Waals surface area contributed by atoms with E-state index in [0.29, 0.717) is 6.07 Å². The minimum atomic E-state index is -4.04. The third-order valence-electron chi connectivity index (χ3n) is 2.29. The Hall–Kier alpha value is -1.52. The quantitative estimate of drug-likeness (QED) is 0.910. The van der Waals surface area contributed by atoms with Gasteiger partial charge in [-0.05, 0) is 24.1 Å². The molecule has 0 bridgehead atoms. The molecule has 0 aliphatic heterocycles. The lowest BCUT2D eigenvalue weighted by Crippen LogP contribution is -2.37. The van der Waals surface area contributed by atoms with Gasteiger partial charge in [-0.25, -0.2) is 17.2 Å². The SMILES string of the molecule is CC(C)C(C#N)NS(=O)(=O)c1ccc(F)c(F)c1. The Morgan fingerprint density at radius 3 is 2.33 bits per heavy atom. The molecule has 1 atom stereocenters. The summed E-state index contributed by atoms with van der Waals surface area (Å²) < 4.78 is 51.4. The fourth-order valence-corrected chi connectivity index (χ4v) is 2.49. The molecule has 18 heavy (non-hydrogen) atoms. The second kappa shape index (κ2) is 5.42. The summed E-state index contributed by atoms with van der Waals surface area (Å²) in [6.07, 6.45) is 0. The van der Waals surface area contributed by atoms with Gasteiger partial charge in [0.1, 0.15) is 6.04 Å². The molecule has 4 nitrogen and oxygen atoms in total. The van der Waals surface area contributed by atoms with Crippen molar-refractivity contribution in [3.8, 4) is 6.07 Å². The predicted octanol–water partition coefficient (Wildman–Crippen LogP) is 1.79. The summed E-state index contributed by atoms with van der Waals surface area (Å²) in [5.41, 5.74) is 0. The van der Waals surface area contributed by atoms with Crippen molar-refractivity contribution >= 4 is 10.0 Å². The van der Waals surface area contributed by atoms with Gasteiger partial charge in [-0.2, -0.15) is 9.98 Å². The van der Waals surface area contributed by atoms with Crippen LogP contribution in [0.2, 0.25) is 0 Å². The number of nitrogens with one attached hydrogen (secondary N) is 1. The second-order valence-electron chi connectivity index (χ2n) is 4.05. The first-order valence-electron chi connectivity index (χ1n) is 5.15. The molecule has 0 aliphatic rings. The number of halogens is 2. The van der Waals surface area contributed by atoms with Gasteiger partial charge < -0.3 is 0 Å². The highest BCUT2D eigenvalue weighted by Crippen LogP contribution is 2.15. The zero-order valence-electron chi connectivity index (χ0n) is 9.81. The van der Waals surface area contributed by atoms with Crippen LogP contribution in [0.1, 0.15) is 13.8 Å². The van der Waals surface area contributed by atoms with Crippen molar-refractivity contribution in [1.29, 1.82) is 5.26 Å². The van der Waals surface area contributed by atoms with Crippen LogP contribution in [0, 0.1) is 28.9 Å². The zero-order chi connectivity index (χ0) is 13.9. The van der Waals surface area contributed by atoms with Crippen molar-refractivity contribution in [2.24, 2.45) is 5.92 Å². The van der Waals surface area contributed by atoms with Gasteiger partial charge in [0.15, 0.2) is 11.6 Å². The Labute approximate surface area is 104 Å². The molecule has 0 aliphatic carbocycles. The van der Waals surface area contributed by atoms with Crippen molar-refractivity contribution < 1.29 is 17.2 Å². The van der Waals surface area contributed by atoms with E-state index < -0.39 is 32.6 Å². The Balaban J connectivity index is 3.07. The molecule has 7 heteroatoms. The largest absolute Gasteiger partial charge is 0.241 e. The van der Waals surface area contributed by atoms with Crippen LogP contribution in [0.3, 0.4) is 0 Å². The Morgan fingerprint density at radius 2 is 1.89 bits per heavy atom. The van der Waals surface area contributed by atoms with Gasteiger partial charge in [0.25, 0.3) is 0 Å². The molecule has 1 aromatic rings. The third kappa shape index (κ3) is 3.24. The van der Waals surface area contributed by atoms with E-state index in [9.17, 15) is 17.2 Å². The summed E-state index contributed by atoms with van der Waals surface area (Å²) in [7, 11) is -4.04. The summed E-state index contributed by atoms with van der Waals surface area (Å²) in [6.45, 7) is 3.34. The van der Waals surface area contributed by atoms with E-state index in [-0.39, 0.29) is 5.92 Å². The fourth-order valence-electron chi connectivity index (χ4n) is 1.19. The average Bonchev–Trinajstić information content (AvgIpc) is 2.29. The summed E-state index contributed by atoms with van der Waals surface area (Å²) >= 11 is 0. The Bertz CT molecular complexity index is 579. The minimum absolute atomic E-state index is 0.241. The van der Waals surface area contributed by atoms with Crippen molar-refractivity contribution in [2.75, 3.05) is 0 Å². The van der Waals surface area contributed by atoms with Gasteiger partial charge >= 0.3 is 0 Å². The average molecular weight is 274 g/mol. The van der Waals surface area contributed by atoms with E-state index in [1.807, 2.05) is 0 Å². The van der Waals surface area contributed by atoms with Crippen molar-refractivity contribution in [2.45, 2.75) is 24.8 Å². The van der Waals surface area contributed by atoms with Crippen molar-refractivity contribution in [3.05, 3.63) is 29.8 Å². The number of sulfonamides is 1. The molecular weight excluding hydrogens is 262 g/mol. The van der Waals surface area contributed by atoms with Crippen LogP contribution in [-0.2, 0) is 10.0 Å². The van der Waals surface area contributed by atoms with E-state index >= 15 is 0 Å². The Kier molecular flexibility index (Phi) is 4.38. The lowest BCUT2D eigenvalue weighted by Gasteiger charge is -2.15. The number of rotatable bonds is 4. The molecule has 0 amide bonds. The molecule has 0 fully saturated rings. The highest BCUT2D eigenvalue weighted by atomic mass is 32.2. The number of hydrogen-bond acceptors (Lipinski definition) is 3. The number of nitrogens with zero attached hydrogens (tertiary/aromatic N) is 1. The summed E-state index contributed by atoms with van der Waals surface area (Å²) in [5, 5.41) is 8.79. The number of benzene rings is 1. The van der Waals surface area contributed by atoms with E-state index in [1.54, 1.807) is 19.9 Å². The maximum atomic E-state index is 13.0. The van der Waals surface area contributed by atoms with Crippen LogP contribution >= 0.6 is 0 Å². The Morgan fingerprint density at radius 1 is 1.28 bits per heavy atom. The molecule has 1 unspecified atom stereocenters. The van der Waals surface area contributed by atoms with Gasteiger partial charge in [-0.15, -0.1) is 0 Å². The molecule has 1 aromatic carbocycles. The lowest BCUT2D eigenvalue weighted by atomic mass is 10.1. The summed E-state index contributed by atoms with van der Waals surface area (Å²) in [5.74, 6) is -2.62. The highest BCUT2D eigenvalue weighted by Gasteiger charge is 2.23. The predicted molar refractivity (Wildman–Crippen MR) is 60.9 cm³/mol. The fraction of sp³-hybridized carbons (Fsp3) is 0.364. The van der Waals surface area contributed by atoms with Crippen LogP contribution in [-0.4, -0.2) is 14.5 Å². The van der Waals surface area contributed by atoms with Crippen LogP contribution < -0.4 is 4.72 Å². The van der Waals surface area contributed by atoms with Gasteiger partial charge in [0.2, 0.25) is 10.0 Å². The molecule has 0 saturated heterocycles. The van der Waals surface area contributed by atoms with Crippen molar-refractivity contribution in [1.82, 2.24) is 4.72 Å². The first kappa shape index (κ1) is 14.5. The normalized spacial score (nSPS) is 13.3. The van der Waals surface area contributed by atoms with E-state index in [4.69, 9.17) is 5.26 Å². The van der Waals surface area contributed by atoms with Gasteiger partial charge in [-0.1, -0.05) is 13.8 Å². The van der Waals surface area contributed by atoms with Gasteiger partial charge in [0, 0.05) is 0 Å².